The first-order chi connectivity index (χ1) is 14.2. The highest BCUT2D eigenvalue weighted by atomic mass is 19.4. The summed E-state index contributed by atoms with van der Waals surface area (Å²) >= 11 is 0. The number of carbonyl (C=O) groups excluding carboxylic acids is 1. The van der Waals surface area contributed by atoms with Gasteiger partial charge in [-0.3, -0.25) is 0 Å². The smallest absolute Gasteiger partial charge is 0.493 e. The molecule has 0 radical (unpaired) electrons. The zero-order valence-corrected chi connectivity index (χ0v) is 16.1. The highest BCUT2D eigenvalue weighted by molar-refractivity contribution is 5.91. The van der Waals surface area contributed by atoms with Gasteiger partial charge in [0.05, 0.1) is 30.8 Å². The minimum Gasteiger partial charge on any atom is -0.493 e. The summed E-state index contributed by atoms with van der Waals surface area (Å²) < 4.78 is 69.9. The number of benzene rings is 2. The number of alkyl halides is 3. The summed E-state index contributed by atoms with van der Waals surface area (Å²) in [7, 11) is 0. The zero-order chi connectivity index (χ0) is 21.8. The predicted octanol–water partition coefficient (Wildman–Crippen LogP) is 5.14. The Morgan fingerprint density at radius 1 is 1.10 bits per heavy atom. The van der Waals surface area contributed by atoms with E-state index < -0.39 is 23.9 Å². The van der Waals surface area contributed by atoms with Crippen molar-refractivity contribution in [3.8, 4) is 17.2 Å². The van der Waals surface area contributed by atoms with Gasteiger partial charge in [0.2, 0.25) is 0 Å². The first-order valence-corrected chi connectivity index (χ1v) is 9.28. The van der Waals surface area contributed by atoms with Crippen LogP contribution in [0.25, 0.3) is 0 Å². The fourth-order valence-corrected chi connectivity index (χ4v) is 3.06. The number of halogens is 4. The van der Waals surface area contributed by atoms with Crippen LogP contribution < -0.4 is 14.2 Å². The molecule has 1 aliphatic heterocycles. The van der Waals surface area contributed by atoms with Gasteiger partial charge in [0.15, 0.2) is 11.6 Å². The molecule has 9 heteroatoms. The Kier molecular flexibility index (Phi) is 6.50. The molecule has 3 rings (SSSR count). The van der Waals surface area contributed by atoms with Crippen LogP contribution in [-0.2, 0) is 4.74 Å². The summed E-state index contributed by atoms with van der Waals surface area (Å²) in [5.41, 5.74) is 0.201. The van der Waals surface area contributed by atoms with E-state index in [2.05, 4.69) is 11.7 Å². The molecule has 2 aromatic rings. The normalized spacial score (nSPS) is 15.2. The van der Waals surface area contributed by atoms with Crippen LogP contribution in [0.2, 0.25) is 0 Å². The Balaban J connectivity index is 1.57. The molecule has 0 saturated carbocycles. The first kappa shape index (κ1) is 21.9. The van der Waals surface area contributed by atoms with Gasteiger partial charge in [-0.15, -0.1) is 13.2 Å². The summed E-state index contributed by atoms with van der Waals surface area (Å²) in [5.74, 6) is -2.78. The van der Waals surface area contributed by atoms with Crippen molar-refractivity contribution in [3.05, 3.63) is 53.8 Å². The van der Waals surface area contributed by atoms with Crippen LogP contribution in [-0.4, -0.2) is 32.2 Å². The second-order valence-corrected chi connectivity index (χ2v) is 7.09. The summed E-state index contributed by atoms with van der Waals surface area (Å²) in [6, 6.07) is 8.57. The Morgan fingerprint density at radius 3 is 2.30 bits per heavy atom. The molecule has 1 fully saturated rings. The Bertz CT molecular complexity index is 876. The topological polar surface area (TPSA) is 54.0 Å². The average Bonchev–Trinajstić information content (AvgIpc) is 2.65. The number of carbonyl (C=O) groups is 1. The number of esters is 1. The van der Waals surface area contributed by atoms with E-state index in [1.165, 1.54) is 12.1 Å². The van der Waals surface area contributed by atoms with Crippen LogP contribution in [0.3, 0.4) is 0 Å². The van der Waals surface area contributed by atoms with Gasteiger partial charge in [-0.1, -0.05) is 13.3 Å². The molecule has 30 heavy (non-hydrogen) atoms. The molecule has 0 N–H and O–H groups in total. The molecule has 0 unspecified atom stereocenters. The van der Waals surface area contributed by atoms with Gasteiger partial charge in [-0.2, -0.15) is 0 Å². The molecule has 0 amide bonds. The van der Waals surface area contributed by atoms with Gasteiger partial charge in [0, 0.05) is 6.07 Å². The molecule has 1 heterocycles. The fourth-order valence-electron chi connectivity index (χ4n) is 3.06. The van der Waals surface area contributed by atoms with Crippen molar-refractivity contribution in [2.75, 3.05) is 19.8 Å². The van der Waals surface area contributed by atoms with E-state index in [9.17, 15) is 22.4 Å². The summed E-state index contributed by atoms with van der Waals surface area (Å²) in [6.45, 7) is 3.93. The van der Waals surface area contributed by atoms with E-state index in [0.717, 1.165) is 25.0 Å². The Morgan fingerprint density at radius 2 is 1.77 bits per heavy atom. The molecule has 0 spiro atoms. The quantitative estimate of drug-likeness (QED) is 0.331. The highest BCUT2D eigenvalue weighted by Crippen LogP contribution is 2.33. The van der Waals surface area contributed by atoms with Crippen LogP contribution in [0.15, 0.2) is 42.5 Å². The molecule has 0 aromatic heterocycles. The molecule has 0 aliphatic carbocycles. The van der Waals surface area contributed by atoms with Crippen LogP contribution in [0, 0.1) is 11.2 Å². The number of hydrogen-bond acceptors (Lipinski definition) is 5. The lowest BCUT2D eigenvalue weighted by molar-refractivity contribution is -0.275. The van der Waals surface area contributed by atoms with Crippen LogP contribution in [0.4, 0.5) is 17.6 Å². The average molecular weight is 428 g/mol. The largest absolute Gasteiger partial charge is 0.573 e. The number of ether oxygens (including phenoxy) is 4. The lowest BCUT2D eigenvalue weighted by Crippen LogP contribution is -2.47. The van der Waals surface area contributed by atoms with Gasteiger partial charge in [0.1, 0.15) is 11.5 Å². The van der Waals surface area contributed by atoms with E-state index >= 15 is 0 Å². The predicted molar refractivity (Wildman–Crippen MR) is 98.1 cm³/mol. The fraction of sp³-hybridized carbons (Fsp3) is 0.381. The SMILES string of the molecule is CCCC1(COc2ccc(C(=O)Oc3ccc(OC(F)(F)F)c(F)c3)cc2)COC1. The molecule has 0 atom stereocenters. The maximum atomic E-state index is 13.7. The van der Waals surface area contributed by atoms with E-state index in [-0.39, 0.29) is 16.7 Å². The lowest BCUT2D eigenvalue weighted by atomic mass is 9.82. The molecular formula is C21H20F4O5. The van der Waals surface area contributed by atoms with Gasteiger partial charge < -0.3 is 18.9 Å². The monoisotopic (exact) mass is 428 g/mol. The molecule has 1 aliphatic rings. The summed E-state index contributed by atoms with van der Waals surface area (Å²) in [5, 5.41) is 0. The molecule has 2 aromatic carbocycles. The standard InChI is InChI=1S/C21H20F4O5/c1-2-9-20(11-27-12-20)13-28-15-5-3-14(4-6-15)19(26)29-16-7-8-18(17(22)10-16)30-21(23,24)25/h3-8,10H,2,9,11-13H2,1H3. The van der Waals surface area contributed by atoms with Crippen LogP contribution >= 0.6 is 0 Å². The molecule has 0 bridgehead atoms. The first-order valence-electron chi connectivity index (χ1n) is 9.28. The van der Waals surface area contributed by atoms with E-state index in [0.29, 0.717) is 31.6 Å². The highest BCUT2D eigenvalue weighted by Gasteiger charge is 2.38. The molecular weight excluding hydrogens is 408 g/mol. The summed E-state index contributed by atoms with van der Waals surface area (Å²) in [4.78, 5) is 12.2. The maximum Gasteiger partial charge on any atom is 0.573 e. The van der Waals surface area contributed by atoms with Gasteiger partial charge in [-0.25, -0.2) is 9.18 Å². The maximum absolute atomic E-state index is 13.7. The molecule has 1 saturated heterocycles. The van der Waals surface area contributed by atoms with Crippen molar-refractivity contribution in [1.82, 2.24) is 0 Å². The van der Waals surface area contributed by atoms with E-state index in [1.807, 2.05) is 0 Å². The van der Waals surface area contributed by atoms with Gasteiger partial charge in [0.25, 0.3) is 0 Å². The van der Waals surface area contributed by atoms with Crippen LogP contribution in [0.5, 0.6) is 17.2 Å². The van der Waals surface area contributed by atoms with Gasteiger partial charge >= 0.3 is 12.3 Å². The lowest BCUT2D eigenvalue weighted by Gasteiger charge is -2.41. The van der Waals surface area contributed by atoms with Crippen molar-refractivity contribution in [1.29, 1.82) is 0 Å². The van der Waals surface area contributed by atoms with Crippen LogP contribution in [0.1, 0.15) is 30.1 Å². The zero-order valence-electron chi connectivity index (χ0n) is 16.1. The second-order valence-electron chi connectivity index (χ2n) is 7.09. The number of rotatable bonds is 8. The third kappa shape index (κ3) is 5.63. The van der Waals surface area contributed by atoms with E-state index in [4.69, 9.17) is 14.2 Å². The summed E-state index contributed by atoms with van der Waals surface area (Å²) in [6.07, 6.45) is -2.99. The van der Waals surface area contributed by atoms with Crippen molar-refractivity contribution >= 4 is 5.97 Å². The van der Waals surface area contributed by atoms with Crippen molar-refractivity contribution in [2.45, 2.75) is 26.1 Å². The Labute approximate surface area is 170 Å². The van der Waals surface area contributed by atoms with Crippen molar-refractivity contribution in [2.24, 2.45) is 5.41 Å². The third-order valence-corrected chi connectivity index (χ3v) is 4.57. The third-order valence-electron chi connectivity index (χ3n) is 4.57. The van der Waals surface area contributed by atoms with Crippen molar-refractivity contribution in [3.63, 3.8) is 0 Å². The minimum absolute atomic E-state index is 0.0262. The number of hydrogen-bond donors (Lipinski definition) is 0. The van der Waals surface area contributed by atoms with Crippen molar-refractivity contribution < 1.29 is 41.3 Å². The second kappa shape index (κ2) is 8.91. The van der Waals surface area contributed by atoms with Gasteiger partial charge in [-0.05, 0) is 42.8 Å². The minimum atomic E-state index is -5.02. The Hall–Kier alpha value is -2.81. The molecule has 162 valence electrons. The van der Waals surface area contributed by atoms with E-state index in [1.54, 1.807) is 12.1 Å². The molecule has 5 nitrogen and oxygen atoms in total.